The number of hydrogen-bond acceptors (Lipinski definition) is 6. The number of anilines is 1. The van der Waals surface area contributed by atoms with E-state index in [1.54, 1.807) is 32.2 Å². The quantitative estimate of drug-likeness (QED) is 0.510. The van der Waals surface area contributed by atoms with E-state index in [2.05, 4.69) is 10.3 Å². The lowest BCUT2D eigenvalue weighted by Crippen LogP contribution is -2.24. The second-order valence-corrected chi connectivity index (χ2v) is 6.77. The molecule has 0 fully saturated rings. The van der Waals surface area contributed by atoms with Gasteiger partial charge >= 0.3 is 13.3 Å². The molecule has 0 saturated heterocycles. The van der Waals surface area contributed by atoms with Crippen LogP contribution in [-0.4, -0.2) is 28.7 Å². The summed E-state index contributed by atoms with van der Waals surface area (Å²) in [7, 11) is -3.16. The maximum absolute atomic E-state index is 12.2. The third-order valence-electron chi connectivity index (χ3n) is 2.85. The lowest BCUT2D eigenvalue weighted by atomic mass is 10.3. The summed E-state index contributed by atoms with van der Waals surface area (Å²) in [5, 5.41) is 2.46. The van der Waals surface area contributed by atoms with Gasteiger partial charge in [0.25, 0.3) is 0 Å². The van der Waals surface area contributed by atoms with Crippen molar-refractivity contribution in [1.29, 1.82) is 0 Å². The fourth-order valence-electron chi connectivity index (χ4n) is 1.92. The number of rotatable bonds is 10. The van der Waals surface area contributed by atoms with Crippen LogP contribution in [0.1, 0.15) is 33.6 Å². The molecule has 1 N–H and O–H groups in total. The van der Waals surface area contributed by atoms with Gasteiger partial charge in [-0.05, 0) is 32.8 Å². The monoisotopic (exact) mass is 357 g/mol. The lowest BCUT2D eigenvalue weighted by molar-refractivity contribution is -0.114. The van der Waals surface area contributed by atoms with Gasteiger partial charge in [0.2, 0.25) is 5.91 Å². The summed E-state index contributed by atoms with van der Waals surface area (Å²) in [6.45, 7) is 5.94. The first-order chi connectivity index (χ1) is 11.4. The predicted molar refractivity (Wildman–Crippen MR) is 92.0 cm³/mol. The fraction of sp³-hybridized carbons (Fsp3) is 0.533. The van der Waals surface area contributed by atoms with E-state index in [0.717, 1.165) is 0 Å². The summed E-state index contributed by atoms with van der Waals surface area (Å²) in [6.07, 6.45) is 4.59. The van der Waals surface area contributed by atoms with E-state index in [1.807, 2.05) is 0 Å². The molecular formula is C15H24N3O5P. The van der Waals surface area contributed by atoms with Gasteiger partial charge in [-0.25, -0.2) is 4.79 Å². The minimum Gasteiger partial charge on any atom is -0.311 e. The molecule has 0 aliphatic rings. The highest BCUT2D eigenvalue weighted by Crippen LogP contribution is 2.49. The molecule has 0 saturated carbocycles. The van der Waals surface area contributed by atoms with Gasteiger partial charge in [0.05, 0.1) is 13.2 Å². The van der Waals surface area contributed by atoms with E-state index < -0.39 is 13.3 Å². The van der Waals surface area contributed by atoms with Crippen molar-refractivity contribution in [3.05, 3.63) is 34.6 Å². The van der Waals surface area contributed by atoms with E-state index in [9.17, 15) is 14.2 Å². The minimum atomic E-state index is -3.16. The van der Waals surface area contributed by atoms with E-state index in [1.165, 1.54) is 17.3 Å². The van der Waals surface area contributed by atoms with Crippen LogP contribution in [0.3, 0.4) is 0 Å². The molecule has 0 aliphatic carbocycles. The van der Waals surface area contributed by atoms with Crippen LogP contribution >= 0.6 is 7.60 Å². The third kappa shape index (κ3) is 7.21. The normalized spacial score (nSPS) is 11.8. The topological polar surface area (TPSA) is 99.5 Å². The van der Waals surface area contributed by atoms with Gasteiger partial charge in [-0.1, -0.05) is 6.08 Å². The molecule has 1 rings (SSSR count). The number of unbranched alkanes of at least 4 members (excludes halogenated alkanes) is 1. The van der Waals surface area contributed by atoms with Gasteiger partial charge in [-0.15, -0.1) is 0 Å². The van der Waals surface area contributed by atoms with Crippen molar-refractivity contribution in [2.75, 3.05) is 18.5 Å². The molecule has 0 unspecified atom stereocenters. The summed E-state index contributed by atoms with van der Waals surface area (Å²) >= 11 is 0. The highest BCUT2D eigenvalue weighted by molar-refractivity contribution is 7.57. The molecule has 0 spiro atoms. The molecule has 0 aliphatic heterocycles. The van der Waals surface area contributed by atoms with E-state index in [-0.39, 0.29) is 11.7 Å². The van der Waals surface area contributed by atoms with Crippen molar-refractivity contribution in [3.8, 4) is 0 Å². The van der Waals surface area contributed by atoms with Crippen LogP contribution < -0.4 is 11.0 Å². The standard InChI is InChI=1S/C15H24N3O5P/c1-4-22-24(21,23-5-2)12-8-6-7-10-18-11-9-14(16-13(3)19)17-15(18)20/h8-9,11-12H,4-7,10H2,1-3H3,(H,16,17,19,20)/b12-8+. The molecule has 24 heavy (non-hydrogen) atoms. The Morgan fingerprint density at radius 2 is 2.04 bits per heavy atom. The summed E-state index contributed by atoms with van der Waals surface area (Å²) in [4.78, 5) is 26.5. The molecule has 0 bridgehead atoms. The van der Waals surface area contributed by atoms with E-state index >= 15 is 0 Å². The molecule has 0 atom stereocenters. The molecule has 1 heterocycles. The average molecular weight is 357 g/mol. The molecule has 9 heteroatoms. The summed E-state index contributed by atoms with van der Waals surface area (Å²) in [6, 6.07) is 1.57. The van der Waals surface area contributed by atoms with Crippen LogP contribution in [-0.2, 0) is 25.0 Å². The first kappa shape index (κ1) is 20.3. The number of nitrogens with zero attached hydrogens (tertiary/aromatic N) is 2. The van der Waals surface area contributed by atoms with Crippen molar-refractivity contribution >= 4 is 19.3 Å². The smallest absolute Gasteiger partial charge is 0.311 e. The number of aromatic nitrogens is 2. The number of amides is 1. The second kappa shape index (κ2) is 10.2. The Balaban J connectivity index is 2.53. The Labute approximate surface area is 141 Å². The van der Waals surface area contributed by atoms with Gasteiger partial charge in [-0.3, -0.25) is 13.9 Å². The van der Waals surface area contributed by atoms with E-state index in [4.69, 9.17) is 9.05 Å². The van der Waals surface area contributed by atoms with Crippen LogP contribution in [0.25, 0.3) is 0 Å². The third-order valence-corrected chi connectivity index (χ3v) is 4.67. The highest BCUT2D eigenvalue weighted by Gasteiger charge is 2.18. The van der Waals surface area contributed by atoms with Crippen molar-refractivity contribution in [2.24, 2.45) is 0 Å². The van der Waals surface area contributed by atoms with Gasteiger partial charge in [0, 0.05) is 25.5 Å². The van der Waals surface area contributed by atoms with E-state index in [0.29, 0.717) is 32.6 Å². The molecule has 1 aromatic heterocycles. The van der Waals surface area contributed by atoms with Crippen LogP contribution in [0.5, 0.6) is 0 Å². The Morgan fingerprint density at radius 1 is 1.38 bits per heavy atom. The summed E-state index contributed by atoms with van der Waals surface area (Å²) < 4.78 is 23.9. The molecule has 0 aromatic carbocycles. The molecule has 8 nitrogen and oxygen atoms in total. The Morgan fingerprint density at radius 3 is 2.58 bits per heavy atom. The van der Waals surface area contributed by atoms with Crippen molar-refractivity contribution in [3.63, 3.8) is 0 Å². The molecule has 134 valence electrons. The zero-order chi connectivity index (χ0) is 18.0. The maximum atomic E-state index is 12.2. The van der Waals surface area contributed by atoms with Gasteiger partial charge < -0.3 is 14.4 Å². The Kier molecular flexibility index (Phi) is 8.60. The predicted octanol–water partition coefficient (Wildman–Crippen LogP) is 2.76. The van der Waals surface area contributed by atoms with Crippen molar-refractivity contribution < 1.29 is 18.4 Å². The molecule has 1 aromatic rings. The van der Waals surface area contributed by atoms with Crippen LogP contribution in [0.2, 0.25) is 0 Å². The van der Waals surface area contributed by atoms with Crippen LogP contribution in [0.4, 0.5) is 5.82 Å². The Bertz CT molecular complexity index is 661. The summed E-state index contributed by atoms with van der Waals surface area (Å²) in [5.74, 6) is 1.41. The van der Waals surface area contributed by atoms with Crippen LogP contribution in [0.15, 0.2) is 29.0 Å². The molecule has 0 radical (unpaired) electrons. The van der Waals surface area contributed by atoms with Gasteiger partial charge in [0.15, 0.2) is 0 Å². The maximum Gasteiger partial charge on any atom is 0.353 e. The zero-order valence-electron chi connectivity index (χ0n) is 14.2. The minimum absolute atomic E-state index is 0.234. The second-order valence-electron chi connectivity index (χ2n) is 4.87. The molecular weight excluding hydrogens is 333 g/mol. The Hall–Kier alpha value is -1.76. The average Bonchev–Trinajstić information content (AvgIpc) is 2.48. The number of carbonyl (C=O) groups excluding carboxylic acids is 1. The fourth-order valence-corrected chi connectivity index (χ4v) is 3.29. The lowest BCUT2D eigenvalue weighted by Gasteiger charge is -2.12. The summed E-state index contributed by atoms with van der Waals surface area (Å²) in [5.41, 5.74) is -0.431. The van der Waals surface area contributed by atoms with Gasteiger partial charge in [-0.2, -0.15) is 4.98 Å². The SMILES string of the molecule is CCOP(=O)(/C=C/CCCn1ccc(NC(C)=O)nc1=O)OCC. The number of allylic oxidation sites excluding steroid dienone is 1. The first-order valence-corrected chi connectivity index (χ1v) is 9.43. The van der Waals surface area contributed by atoms with Gasteiger partial charge in [0.1, 0.15) is 5.82 Å². The number of nitrogens with one attached hydrogen (secondary N) is 1. The first-order valence-electron chi connectivity index (χ1n) is 7.81. The van der Waals surface area contributed by atoms with Crippen molar-refractivity contribution in [1.82, 2.24) is 9.55 Å². The number of aryl methyl sites for hydroxylation is 1. The van der Waals surface area contributed by atoms with Crippen molar-refractivity contribution in [2.45, 2.75) is 40.2 Å². The number of hydrogen-bond donors (Lipinski definition) is 1. The number of carbonyl (C=O) groups is 1. The largest absolute Gasteiger partial charge is 0.353 e. The van der Waals surface area contributed by atoms with Crippen LogP contribution in [0, 0.1) is 0 Å². The zero-order valence-corrected chi connectivity index (χ0v) is 15.1. The molecule has 1 amide bonds. The highest BCUT2D eigenvalue weighted by atomic mass is 31.2.